The summed E-state index contributed by atoms with van der Waals surface area (Å²) in [5.41, 5.74) is 2.12. The molecule has 0 bridgehead atoms. The molecule has 0 saturated carbocycles. The van der Waals surface area contributed by atoms with Crippen molar-refractivity contribution in [1.29, 1.82) is 0 Å². The topological polar surface area (TPSA) is 47.7 Å². The van der Waals surface area contributed by atoms with E-state index in [-0.39, 0.29) is 0 Å². The lowest BCUT2D eigenvalue weighted by Gasteiger charge is -2.10. The third-order valence-corrected chi connectivity index (χ3v) is 2.02. The van der Waals surface area contributed by atoms with E-state index >= 15 is 0 Å². The molecule has 0 heterocycles. The molecule has 3 heteroatoms. The van der Waals surface area contributed by atoms with Crippen molar-refractivity contribution in [1.82, 2.24) is 0 Å². The predicted octanol–water partition coefficient (Wildman–Crippen LogP) is 1.19. The molecule has 0 amide bonds. The van der Waals surface area contributed by atoms with Crippen molar-refractivity contribution in [3.63, 3.8) is 0 Å². The molecule has 0 aliphatic heterocycles. The van der Waals surface area contributed by atoms with E-state index in [1.807, 2.05) is 36.4 Å². The van der Waals surface area contributed by atoms with Crippen LogP contribution in [-0.4, -0.2) is 5.21 Å². The lowest BCUT2D eigenvalue weighted by Crippen LogP contribution is -2.99. The van der Waals surface area contributed by atoms with Gasteiger partial charge in [0.2, 0.25) is 0 Å². The summed E-state index contributed by atoms with van der Waals surface area (Å²) in [6.07, 6.45) is 0. The maximum Gasteiger partial charge on any atom is 0.171 e. The summed E-state index contributed by atoms with van der Waals surface area (Å²) in [4.78, 5) is 0. The number of hydrogen-bond acceptors (Lipinski definition) is 2. The van der Waals surface area contributed by atoms with Crippen LogP contribution in [0.25, 0.3) is 11.1 Å². The third kappa shape index (κ3) is 1.40. The summed E-state index contributed by atoms with van der Waals surface area (Å²) in [5, 5.41) is 18.8. The molecule has 0 spiro atoms. The fraction of sp³-hybridized carbons (Fsp3) is 0. The zero-order chi connectivity index (χ0) is 9.26. The molecule has 0 saturated heterocycles. The zero-order valence-corrected chi connectivity index (χ0v) is 6.90. The first kappa shape index (κ1) is 8.19. The largest absolute Gasteiger partial charge is 0.595 e. The van der Waals surface area contributed by atoms with Gasteiger partial charge in [-0.25, -0.2) is 5.21 Å². The Morgan fingerprint density at radius 2 is 1.77 bits per heavy atom. The van der Waals surface area contributed by atoms with Gasteiger partial charge in [-0.15, -0.1) is 0 Å². The number of rotatable bonds is 1. The fourth-order valence-corrected chi connectivity index (χ4v) is 1.40. The van der Waals surface area contributed by atoms with Crippen LogP contribution in [0.3, 0.4) is 0 Å². The van der Waals surface area contributed by atoms with Crippen LogP contribution in [0, 0.1) is 5.21 Å². The van der Waals surface area contributed by atoms with E-state index < -0.39 is 5.23 Å². The molecule has 3 nitrogen and oxygen atoms in total. The smallest absolute Gasteiger partial charge is 0.171 e. The van der Waals surface area contributed by atoms with E-state index in [2.05, 4.69) is 0 Å². The van der Waals surface area contributed by atoms with Gasteiger partial charge in [0.1, 0.15) is 0 Å². The second-order valence-electron chi connectivity index (χ2n) is 2.83. The van der Waals surface area contributed by atoms with Gasteiger partial charge in [0.05, 0.1) is 0 Å². The highest BCUT2D eigenvalue weighted by Crippen LogP contribution is 2.27. The van der Waals surface area contributed by atoms with Crippen LogP contribution in [0.5, 0.6) is 0 Å². The second-order valence-corrected chi connectivity index (χ2v) is 2.83. The van der Waals surface area contributed by atoms with Gasteiger partial charge in [-0.1, -0.05) is 24.3 Å². The first-order valence-electron chi connectivity index (χ1n) is 4.00. The summed E-state index contributed by atoms with van der Waals surface area (Å²) in [6.45, 7) is 0. The average Bonchev–Trinajstić information content (AvgIpc) is 2.36. The molecule has 2 aliphatic carbocycles. The van der Waals surface area contributed by atoms with Gasteiger partial charge < -0.3 is 5.21 Å². The van der Waals surface area contributed by atoms with Crippen molar-refractivity contribution < 1.29 is 10.4 Å². The minimum Gasteiger partial charge on any atom is -0.595 e. The Morgan fingerprint density at radius 1 is 1.00 bits per heavy atom. The highest BCUT2D eigenvalue weighted by molar-refractivity contribution is 5.76. The highest BCUT2D eigenvalue weighted by Gasteiger charge is 2.12. The summed E-state index contributed by atoms with van der Waals surface area (Å²) < 4.78 is 0. The molecular formula is C10H9NO2. The molecule has 2 N–H and O–H groups in total. The summed E-state index contributed by atoms with van der Waals surface area (Å²) >= 11 is 0. The molecule has 66 valence electrons. The molecule has 2 aliphatic rings. The van der Waals surface area contributed by atoms with Crippen LogP contribution < -0.4 is 5.23 Å². The Hall–Kier alpha value is -1.42. The fourth-order valence-electron chi connectivity index (χ4n) is 1.40. The minimum absolute atomic E-state index is 0.367. The number of fused-ring (bicyclic) bond motifs is 1. The Labute approximate surface area is 75.7 Å². The summed E-state index contributed by atoms with van der Waals surface area (Å²) in [5.74, 6) is 0. The first-order valence-corrected chi connectivity index (χ1v) is 4.00. The molecule has 0 aromatic carbocycles. The minimum atomic E-state index is -0.874. The van der Waals surface area contributed by atoms with Crippen LogP contribution >= 0.6 is 0 Å². The Balaban J connectivity index is 2.62. The van der Waals surface area contributed by atoms with E-state index in [1.54, 1.807) is 6.07 Å². The third-order valence-electron chi connectivity index (χ3n) is 2.02. The lowest BCUT2D eigenvalue weighted by atomic mass is 10.2. The molecule has 1 atom stereocenters. The SMILES string of the molecule is [O-][NH+](O)c1ccc2cccccc1-2. The van der Waals surface area contributed by atoms with Crippen molar-refractivity contribution in [2.24, 2.45) is 0 Å². The first-order chi connectivity index (χ1) is 6.29. The van der Waals surface area contributed by atoms with Crippen molar-refractivity contribution in [3.8, 4) is 11.1 Å². The van der Waals surface area contributed by atoms with Gasteiger partial charge >= 0.3 is 0 Å². The van der Waals surface area contributed by atoms with Crippen molar-refractivity contribution in [2.75, 3.05) is 0 Å². The normalized spacial score (nSPS) is 13.1. The van der Waals surface area contributed by atoms with Gasteiger partial charge in [0.15, 0.2) is 5.69 Å². The monoisotopic (exact) mass is 175 g/mol. The lowest BCUT2D eigenvalue weighted by molar-refractivity contribution is -0.990. The average molecular weight is 175 g/mol. The number of nitrogens with one attached hydrogen (secondary N) is 1. The molecule has 0 radical (unpaired) electrons. The quantitative estimate of drug-likeness (QED) is 0.639. The predicted molar refractivity (Wildman–Crippen MR) is 48.8 cm³/mol. The summed E-state index contributed by atoms with van der Waals surface area (Å²) in [6, 6.07) is 12.8. The molecule has 0 aromatic rings. The number of quaternary nitrogens is 1. The van der Waals surface area contributed by atoms with Crippen LogP contribution in [-0.2, 0) is 0 Å². The second kappa shape index (κ2) is 3.14. The molecule has 0 aromatic heterocycles. The van der Waals surface area contributed by atoms with E-state index in [4.69, 9.17) is 5.21 Å². The van der Waals surface area contributed by atoms with Crippen molar-refractivity contribution in [2.45, 2.75) is 0 Å². The number of hydrogen-bond donors (Lipinski definition) is 2. The zero-order valence-electron chi connectivity index (χ0n) is 6.90. The highest BCUT2D eigenvalue weighted by atomic mass is 16.8. The van der Waals surface area contributed by atoms with E-state index in [1.165, 1.54) is 0 Å². The van der Waals surface area contributed by atoms with E-state index in [0.29, 0.717) is 5.69 Å². The van der Waals surface area contributed by atoms with Gasteiger partial charge in [-0.2, -0.15) is 5.23 Å². The molecule has 1 unspecified atom stereocenters. The standard InChI is InChI=1S/C10H9NO2/c12-11(13)10-7-6-8-4-2-1-3-5-9(8)10/h1-7,11-12H. The molecule has 2 rings (SSSR count). The summed E-state index contributed by atoms with van der Waals surface area (Å²) in [7, 11) is 0. The molecule has 13 heavy (non-hydrogen) atoms. The Morgan fingerprint density at radius 3 is 2.54 bits per heavy atom. The Bertz CT molecular complexity index is 387. The van der Waals surface area contributed by atoms with Gasteiger partial charge in [-0.05, 0) is 17.7 Å². The van der Waals surface area contributed by atoms with Crippen LogP contribution in [0.4, 0.5) is 5.69 Å². The molecular weight excluding hydrogens is 166 g/mol. The van der Waals surface area contributed by atoms with Crippen LogP contribution in [0.2, 0.25) is 0 Å². The Kier molecular flexibility index (Phi) is 1.98. The maximum absolute atomic E-state index is 10.8. The van der Waals surface area contributed by atoms with Gasteiger partial charge in [0.25, 0.3) is 0 Å². The van der Waals surface area contributed by atoms with E-state index in [9.17, 15) is 5.21 Å². The van der Waals surface area contributed by atoms with E-state index in [0.717, 1.165) is 11.1 Å². The van der Waals surface area contributed by atoms with Crippen molar-refractivity contribution >= 4 is 5.69 Å². The van der Waals surface area contributed by atoms with Gasteiger partial charge in [-0.3, -0.25) is 0 Å². The van der Waals surface area contributed by atoms with Crippen LogP contribution in [0.1, 0.15) is 0 Å². The van der Waals surface area contributed by atoms with Gasteiger partial charge in [0, 0.05) is 11.6 Å². The van der Waals surface area contributed by atoms with Crippen molar-refractivity contribution in [3.05, 3.63) is 47.7 Å². The molecule has 0 fully saturated rings. The maximum atomic E-state index is 10.8. The van der Waals surface area contributed by atoms with Crippen LogP contribution in [0.15, 0.2) is 42.5 Å².